The molecule has 2 aromatic rings. The molecular formula is C27H42N2Si. The van der Waals surface area contributed by atoms with Gasteiger partial charge in [0.1, 0.15) is 8.24 Å². The third kappa shape index (κ3) is 6.33. The zero-order valence-corrected chi connectivity index (χ0v) is 21.2. The van der Waals surface area contributed by atoms with Crippen LogP contribution in [0.4, 0.5) is 5.69 Å². The molecule has 2 aromatic carbocycles. The standard InChI is InChI=1S/C27H42N2Si/c1-8-28(9-2)27-20-18-26(19-21-27)23(5)25-16-14-24(15-17-25)13-12-22-30(6,7)29(10-3)11-4/h14-21H,5,8-13,22H2,1-4,6-7H3. The van der Waals surface area contributed by atoms with Gasteiger partial charge in [-0.2, -0.15) is 0 Å². The molecule has 0 atom stereocenters. The molecule has 0 saturated carbocycles. The minimum atomic E-state index is -1.26. The van der Waals surface area contributed by atoms with E-state index >= 15 is 0 Å². The summed E-state index contributed by atoms with van der Waals surface area (Å²) >= 11 is 0. The van der Waals surface area contributed by atoms with E-state index in [0.717, 1.165) is 18.7 Å². The highest BCUT2D eigenvalue weighted by Gasteiger charge is 2.26. The van der Waals surface area contributed by atoms with Gasteiger partial charge in [0.15, 0.2) is 0 Å². The summed E-state index contributed by atoms with van der Waals surface area (Å²) < 4.78 is 2.70. The molecule has 0 heterocycles. The van der Waals surface area contributed by atoms with E-state index in [9.17, 15) is 0 Å². The number of hydrogen-bond acceptors (Lipinski definition) is 2. The van der Waals surface area contributed by atoms with Gasteiger partial charge in [-0.3, -0.25) is 0 Å². The summed E-state index contributed by atoms with van der Waals surface area (Å²) in [5, 5.41) is 0. The van der Waals surface area contributed by atoms with Crippen LogP contribution >= 0.6 is 0 Å². The fraction of sp³-hybridized carbons (Fsp3) is 0.481. The Kier molecular flexibility index (Phi) is 9.38. The van der Waals surface area contributed by atoms with E-state index in [-0.39, 0.29) is 0 Å². The van der Waals surface area contributed by atoms with E-state index in [4.69, 9.17) is 0 Å². The van der Waals surface area contributed by atoms with Gasteiger partial charge in [0.2, 0.25) is 0 Å². The van der Waals surface area contributed by atoms with Gasteiger partial charge in [-0.05, 0) is 73.8 Å². The lowest BCUT2D eigenvalue weighted by Gasteiger charge is -2.35. The number of hydrogen-bond donors (Lipinski definition) is 0. The molecule has 0 radical (unpaired) electrons. The van der Waals surface area contributed by atoms with Crippen LogP contribution < -0.4 is 4.90 Å². The predicted octanol–water partition coefficient (Wildman–Crippen LogP) is 7.07. The van der Waals surface area contributed by atoms with Crippen LogP contribution in [0.15, 0.2) is 55.1 Å². The van der Waals surface area contributed by atoms with Crippen LogP contribution in [0, 0.1) is 0 Å². The first-order chi connectivity index (χ1) is 14.4. The van der Waals surface area contributed by atoms with Gasteiger partial charge in [-0.15, -0.1) is 0 Å². The maximum absolute atomic E-state index is 4.36. The molecule has 0 spiro atoms. The lowest BCUT2D eigenvalue weighted by molar-refractivity contribution is 0.463. The van der Waals surface area contributed by atoms with Gasteiger partial charge in [0.25, 0.3) is 0 Å². The largest absolute Gasteiger partial charge is 0.372 e. The highest BCUT2D eigenvalue weighted by Crippen LogP contribution is 2.25. The Labute approximate surface area is 186 Å². The molecule has 0 aliphatic rings. The van der Waals surface area contributed by atoms with Crippen LogP contribution in [0.1, 0.15) is 50.8 Å². The van der Waals surface area contributed by atoms with Crippen LogP contribution in [0.5, 0.6) is 0 Å². The van der Waals surface area contributed by atoms with Crippen molar-refractivity contribution in [1.29, 1.82) is 0 Å². The third-order valence-electron chi connectivity index (χ3n) is 6.52. The van der Waals surface area contributed by atoms with Gasteiger partial charge in [-0.25, -0.2) is 0 Å². The van der Waals surface area contributed by atoms with Gasteiger partial charge >= 0.3 is 0 Å². The van der Waals surface area contributed by atoms with Crippen LogP contribution in [0.3, 0.4) is 0 Å². The summed E-state index contributed by atoms with van der Waals surface area (Å²) in [6.07, 6.45) is 2.45. The van der Waals surface area contributed by atoms with Crippen molar-refractivity contribution in [2.75, 3.05) is 31.1 Å². The number of rotatable bonds is 12. The molecular weight excluding hydrogens is 380 g/mol. The quantitative estimate of drug-likeness (QED) is 0.337. The van der Waals surface area contributed by atoms with Crippen molar-refractivity contribution < 1.29 is 0 Å². The summed E-state index contributed by atoms with van der Waals surface area (Å²) in [6.45, 7) is 22.8. The summed E-state index contributed by atoms with van der Waals surface area (Å²) in [7, 11) is -1.26. The number of benzene rings is 2. The number of nitrogens with zero attached hydrogens (tertiary/aromatic N) is 2. The molecule has 0 aliphatic carbocycles. The van der Waals surface area contributed by atoms with E-state index in [1.807, 2.05) is 0 Å². The highest BCUT2D eigenvalue weighted by molar-refractivity contribution is 6.74. The smallest absolute Gasteiger partial charge is 0.122 e. The second kappa shape index (κ2) is 11.5. The molecule has 0 bridgehead atoms. The topological polar surface area (TPSA) is 6.48 Å². The molecule has 0 unspecified atom stereocenters. The molecule has 164 valence electrons. The lowest BCUT2D eigenvalue weighted by Crippen LogP contribution is -2.48. The first-order valence-electron chi connectivity index (χ1n) is 11.7. The van der Waals surface area contributed by atoms with E-state index < -0.39 is 8.24 Å². The van der Waals surface area contributed by atoms with Crippen LogP contribution in [0.2, 0.25) is 19.1 Å². The van der Waals surface area contributed by atoms with Gasteiger partial charge in [-0.1, -0.05) is 76.3 Å². The van der Waals surface area contributed by atoms with Crippen molar-refractivity contribution in [3.63, 3.8) is 0 Å². The Morgan fingerprint density at radius 3 is 1.73 bits per heavy atom. The summed E-state index contributed by atoms with van der Waals surface area (Å²) in [4.78, 5) is 2.37. The van der Waals surface area contributed by atoms with Crippen LogP contribution in [-0.2, 0) is 6.42 Å². The second-order valence-electron chi connectivity index (χ2n) is 8.73. The Bertz CT molecular complexity index is 770. The molecule has 30 heavy (non-hydrogen) atoms. The Hall–Kier alpha value is -1.84. The maximum atomic E-state index is 4.36. The van der Waals surface area contributed by atoms with Crippen LogP contribution in [-0.4, -0.2) is 39.0 Å². The van der Waals surface area contributed by atoms with Gasteiger partial charge < -0.3 is 9.47 Å². The summed E-state index contributed by atoms with van der Waals surface area (Å²) in [5.41, 5.74) is 6.23. The van der Waals surface area contributed by atoms with Crippen molar-refractivity contribution >= 4 is 19.5 Å². The van der Waals surface area contributed by atoms with Crippen molar-refractivity contribution in [2.24, 2.45) is 0 Å². The van der Waals surface area contributed by atoms with E-state index in [1.165, 1.54) is 54.4 Å². The normalized spacial score (nSPS) is 11.7. The van der Waals surface area contributed by atoms with E-state index in [1.54, 1.807) is 0 Å². The fourth-order valence-corrected chi connectivity index (χ4v) is 7.53. The molecule has 0 fully saturated rings. The van der Waals surface area contributed by atoms with Crippen molar-refractivity contribution in [1.82, 2.24) is 4.57 Å². The third-order valence-corrected chi connectivity index (χ3v) is 10.4. The predicted molar refractivity (Wildman–Crippen MR) is 138 cm³/mol. The van der Waals surface area contributed by atoms with Crippen molar-refractivity contribution in [3.8, 4) is 0 Å². The minimum absolute atomic E-state index is 1.03. The lowest BCUT2D eigenvalue weighted by atomic mass is 9.97. The molecule has 0 N–H and O–H groups in total. The molecule has 2 rings (SSSR count). The zero-order valence-electron chi connectivity index (χ0n) is 20.2. The molecule has 3 heteroatoms. The van der Waals surface area contributed by atoms with Crippen LogP contribution in [0.25, 0.3) is 5.57 Å². The molecule has 2 nitrogen and oxygen atoms in total. The molecule has 0 aliphatic heterocycles. The Morgan fingerprint density at radius 2 is 1.27 bits per heavy atom. The first-order valence-corrected chi connectivity index (χ1v) is 14.9. The average molecular weight is 423 g/mol. The van der Waals surface area contributed by atoms with Gasteiger partial charge in [0.05, 0.1) is 0 Å². The Morgan fingerprint density at radius 1 is 0.767 bits per heavy atom. The summed E-state index contributed by atoms with van der Waals surface area (Å²) in [5.74, 6) is 0. The molecule has 0 aromatic heterocycles. The Balaban J connectivity index is 1.96. The molecule has 0 saturated heterocycles. The second-order valence-corrected chi connectivity index (χ2v) is 13.5. The number of aryl methyl sites for hydroxylation is 1. The van der Waals surface area contributed by atoms with Gasteiger partial charge in [0, 0.05) is 18.8 Å². The van der Waals surface area contributed by atoms with Crippen molar-refractivity contribution in [2.45, 2.75) is 59.7 Å². The molecule has 0 amide bonds. The van der Waals surface area contributed by atoms with E-state index in [0.29, 0.717) is 0 Å². The zero-order chi connectivity index (χ0) is 22.1. The van der Waals surface area contributed by atoms with Crippen molar-refractivity contribution in [3.05, 3.63) is 71.8 Å². The summed E-state index contributed by atoms with van der Waals surface area (Å²) in [6, 6.07) is 19.2. The fourth-order valence-electron chi connectivity index (χ4n) is 4.46. The maximum Gasteiger partial charge on any atom is 0.122 e. The minimum Gasteiger partial charge on any atom is -0.372 e. The number of anilines is 1. The van der Waals surface area contributed by atoms with E-state index in [2.05, 4.69) is 105 Å². The monoisotopic (exact) mass is 422 g/mol. The first kappa shape index (κ1) is 24.4. The highest BCUT2D eigenvalue weighted by atomic mass is 28.3. The SMILES string of the molecule is C=C(c1ccc(CCC[Si](C)(C)N(CC)CC)cc1)c1ccc(N(CC)CC)cc1. The average Bonchev–Trinajstić information content (AvgIpc) is 2.75.